The minimum atomic E-state index is -3.65. The molecule has 12 heavy (non-hydrogen) atoms. The van der Waals surface area contributed by atoms with Crippen LogP contribution in [0.2, 0.25) is 5.15 Å². The van der Waals surface area contributed by atoms with Gasteiger partial charge in [-0.25, -0.2) is 4.98 Å². The molecule has 0 aliphatic carbocycles. The molecule has 0 radical (unpaired) electrons. The van der Waals surface area contributed by atoms with Crippen molar-refractivity contribution in [1.82, 2.24) is 4.98 Å². The highest BCUT2D eigenvalue weighted by molar-refractivity contribution is 7.86. The molecule has 0 N–H and O–H groups in total. The van der Waals surface area contributed by atoms with E-state index in [2.05, 4.69) is 9.17 Å². The average Bonchev–Trinajstić information content (AvgIpc) is 2.05. The van der Waals surface area contributed by atoms with Gasteiger partial charge in [-0.05, 0) is 12.1 Å². The summed E-state index contributed by atoms with van der Waals surface area (Å²) in [5, 5.41) is 0.119. The van der Waals surface area contributed by atoms with E-state index < -0.39 is 10.1 Å². The molecule has 1 heterocycles. The molecule has 0 saturated carbocycles. The van der Waals surface area contributed by atoms with Crippen LogP contribution in [0.5, 0.6) is 0 Å². The molecule has 4 nitrogen and oxygen atoms in total. The van der Waals surface area contributed by atoms with Crippen LogP contribution in [0.15, 0.2) is 23.2 Å². The van der Waals surface area contributed by atoms with Crippen LogP contribution in [0, 0.1) is 0 Å². The summed E-state index contributed by atoms with van der Waals surface area (Å²) in [5.41, 5.74) is 0. The first kappa shape index (κ1) is 9.44. The van der Waals surface area contributed by atoms with Gasteiger partial charge in [-0.1, -0.05) is 11.6 Å². The summed E-state index contributed by atoms with van der Waals surface area (Å²) in [6.45, 7) is 0. The summed E-state index contributed by atoms with van der Waals surface area (Å²) in [5.74, 6) is 0. The Morgan fingerprint density at radius 3 is 2.75 bits per heavy atom. The summed E-state index contributed by atoms with van der Waals surface area (Å²) in [6.07, 6.45) is 1.30. The second-order valence-corrected chi connectivity index (χ2v) is 4.04. The van der Waals surface area contributed by atoms with Gasteiger partial charge in [-0.3, -0.25) is 4.18 Å². The van der Waals surface area contributed by atoms with Crippen molar-refractivity contribution < 1.29 is 12.6 Å². The molecular formula is C6H6ClNO3S. The molecule has 0 spiro atoms. The molecule has 6 heteroatoms. The third kappa shape index (κ3) is 1.94. The van der Waals surface area contributed by atoms with Crippen LogP contribution in [-0.2, 0) is 14.3 Å². The highest BCUT2D eigenvalue weighted by Gasteiger charge is 2.12. The summed E-state index contributed by atoms with van der Waals surface area (Å²) in [4.78, 5) is 3.64. The van der Waals surface area contributed by atoms with Crippen LogP contribution >= 0.6 is 11.6 Å². The molecule has 0 fully saturated rings. The SMILES string of the molecule is COS(=O)(=O)c1ccnc(Cl)c1. The van der Waals surface area contributed by atoms with Gasteiger partial charge in [0.2, 0.25) is 0 Å². The Balaban J connectivity index is 3.21. The van der Waals surface area contributed by atoms with Gasteiger partial charge in [0.1, 0.15) is 5.15 Å². The monoisotopic (exact) mass is 207 g/mol. The smallest absolute Gasteiger partial charge is 0.270 e. The minimum Gasteiger partial charge on any atom is -0.270 e. The van der Waals surface area contributed by atoms with Gasteiger partial charge < -0.3 is 0 Å². The van der Waals surface area contributed by atoms with Crippen molar-refractivity contribution in [2.45, 2.75) is 4.90 Å². The Labute approximate surface area is 75.3 Å². The minimum absolute atomic E-state index is 0.00463. The van der Waals surface area contributed by atoms with Crippen molar-refractivity contribution in [2.24, 2.45) is 0 Å². The van der Waals surface area contributed by atoms with Gasteiger partial charge in [0.15, 0.2) is 0 Å². The molecule has 1 aromatic rings. The van der Waals surface area contributed by atoms with E-state index in [9.17, 15) is 8.42 Å². The third-order valence-electron chi connectivity index (χ3n) is 1.21. The van der Waals surface area contributed by atoms with Crippen LogP contribution in [-0.4, -0.2) is 20.5 Å². The van der Waals surface area contributed by atoms with Gasteiger partial charge >= 0.3 is 0 Å². The lowest BCUT2D eigenvalue weighted by atomic mass is 10.5. The number of hydrogen-bond acceptors (Lipinski definition) is 4. The zero-order chi connectivity index (χ0) is 9.19. The summed E-state index contributed by atoms with van der Waals surface area (Å²) < 4.78 is 26.4. The predicted molar refractivity (Wildman–Crippen MR) is 43.4 cm³/mol. The zero-order valence-corrected chi connectivity index (χ0v) is 7.76. The van der Waals surface area contributed by atoms with Gasteiger partial charge in [-0.15, -0.1) is 0 Å². The topological polar surface area (TPSA) is 56.3 Å². The van der Waals surface area contributed by atoms with E-state index in [1.807, 2.05) is 0 Å². The molecule has 66 valence electrons. The van der Waals surface area contributed by atoms with E-state index in [1.165, 1.54) is 18.3 Å². The third-order valence-corrected chi connectivity index (χ3v) is 2.68. The van der Waals surface area contributed by atoms with Gasteiger partial charge in [0, 0.05) is 6.20 Å². The Hall–Kier alpha value is -0.650. The molecule has 0 aliphatic rings. The maximum absolute atomic E-state index is 11.0. The number of pyridine rings is 1. The molecule has 0 amide bonds. The maximum Gasteiger partial charge on any atom is 0.296 e. The van der Waals surface area contributed by atoms with E-state index in [0.717, 1.165) is 7.11 Å². The number of rotatable bonds is 2. The number of halogens is 1. The van der Waals surface area contributed by atoms with Crippen molar-refractivity contribution in [2.75, 3.05) is 7.11 Å². The Morgan fingerprint density at radius 1 is 1.58 bits per heavy atom. The van der Waals surface area contributed by atoms with Crippen LogP contribution in [0.4, 0.5) is 0 Å². The first-order valence-electron chi connectivity index (χ1n) is 2.98. The Kier molecular flexibility index (Phi) is 2.66. The Morgan fingerprint density at radius 2 is 2.25 bits per heavy atom. The van der Waals surface area contributed by atoms with Crippen molar-refractivity contribution in [3.63, 3.8) is 0 Å². The van der Waals surface area contributed by atoms with Crippen molar-refractivity contribution in [1.29, 1.82) is 0 Å². The van der Waals surface area contributed by atoms with Crippen LogP contribution < -0.4 is 0 Å². The van der Waals surface area contributed by atoms with E-state index in [0.29, 0.717) is 0 Å². The predicted octanol–water partition coefficient (Wildman–Crippen LogP) is 1.07. The number of aromatic nitrogens is 1. The average molecular weight is 208 g/mol. The lowest BCUT2D eigenvalue weighted by Crippen LogP contribution is -2.02. The molecule has 0 aliphatic heterocycles. The first-order valence-corrected chi connectivity index (χ1v) is 4.77. The lowest BCUT2D eigenvalue weighted by Gasteiger charge is -1.99. The van der Waals surface area contributed by atoms with Crippen LogP contribution in [0.25, 0.3) is 0 Å². The maximum atomic E-state index is 11.0. The molecule has 1 rings (SSSR count). The molecular weight excluding hydrogens is 202 g/mol. The zero-order valence-electron chi connectivity index (χ0n) is 6.19. The van der Waals surface area contributed by atoms with Gasteiger partial charge in [-0.2, -0.15) is 8.42 Å². The molecule has 0 atom stereocenters. The second kappa shape index (κ2) is 3.38. The fourth-order valence-corrected chi connectivity index (χ4v) is 1.55. The van der Waals surface area contributed by atoms with Gasteiger partial charge in [0.25, 0.3) is 10.1 Å². The molecule has 0 unspecified atom stereocenters. The van der Waals surface area contributed by atoms with Crippen molar-refractivity contribution >= 4 is 21.7 Å². The van der Waals surface area contributed by atoms with Crippen molar-refractivity contribution in [3.8, 4) is 0 Å². The fraction of sp³-hybridized carbons (Fsp3) is 0.167. The fourth-order valence-electron chi connectivity index (χ4n) is 0.636. The molecule has 1 aromatic heterocycles. The van der Waals surface area contributed by atoms with Crippen LogP contribution in [0.3, 0.4) is 0 Å². The number of hydrogen-bond donors (Lipinski definition) is 0. The summed E-state index contributed by atoms with van der Waals surface area (Å²) in [7, 11) is -2.56. The van der Waals surface area contributed by atoms with E-state index in [1.54, 1.807) is 0 Å². The molecule has 0 aromatic carbocycles. The second-order valence-electron chi connectivity index (χ2n) is 1.94. The summed E-state index contributed by atoms with van der Waals surface area (Å²) in [6, 6.07) is 2.53. The van der Waals surface area contributed by atoms with E-state index in [4.69, 9.17) is 11.6 Å². The Bertz CT molecular complexity index is 376. The number of nitrogens with zero attached hydrogens (tertiary/aromatic N) is 1. The summed E-state index contributed by atoms with van der Waals surface area (Å²) >= 11 is 5.48. The van der Waals surface area contributed by atoms with Crippen LogP contribution in [0.1, 0.15) is 0 Å². The lowest BCUT2D eigenvalue weighted by molar-refractivity contribution is 0.397. The first-order chi connectivity index (χ1) is 5.56. The molecule has 0 bridgehead atoms. The standard InChI is InChI=1S/C6H6ClNO3S/c1-11-12(9,10)5-2-3-8-6(7)4-5/h2-4H,1H3. The molecule has 0 saturated heterocycles. The quantitative estimate of drug-likeness (QED) is 0.538. The van der Waals surface area contributed by atoms with Gasteiger partial charge in [0.05, 0.1) is 12.0 Å². The van der Waals surface area contributed by atoms with E-state index >= 15 is 0 Å². The largest absolute Gasteiger partial charge is 0.296 e. The normalized spacial score (nSPS) is 11.5. The van der Waals surface area contributed by atoms with E-state index in [-0.39, 0.29) is 10.0 Å². The highest BCUT2D eigenvalue weighted by Crippen LogP contribution is 2.13. The van der Waals surface area contributed by atoms with Crippen molar-refractivity contribution in [3.05, 3.63) is 23.5 Å². The highest BCUT2D eigenvalue weighted by atomic mass is 35.5.